The van der Waals surface area contributed by atoms with Gasteiger partial charge >= 0.3 is 0 Å². The number of aliphatic hydroxyl groups is 1. The van der Waals surface area contributed by atoms with Gasteiger partial charge in [-0.3, -0.25) is 0 Å². The van der Waals surface area contributed by atoms with Crippen LogP contribution in [-0.4, -0.2) is 39.2 Å². The normalized spacial score (nSPS) is 14.3. The summed E-state index contributed by atoms with van der Waals surface area (Å²) < 4.78 is 0. The minimum Gasteiger partial charge on any atom is -0.395 e. The van der Waals surface area contributed by atoms with Gasteiger partial charge in [-0.05, 0) is 19.6 Å². The molecule has 1 aromatic rings. The van der Waals surface area contributed by atoms with E-state index in [1.165, 1.54) is 6.33 Å². The third-order valence-corrected chi connectivity index (χ3v) is 4.29. The molecule has 0 saturated heterocycles. The number of aliphatic hydroxyl groups excluding tert-OH is 1. The van der Waals surface area contributed by atoms with E-state index in [0.29, 0.717) is 5.15 Å². The Morgan fingerprint density at radius 2 is 2.22 bits per heavy atom. The summed E-state index contributed by atoms with van der Waals surface area (Å²) in [6.45, 7) is 4.26. The van der Waals surface area contributed by atoms with Crippen molar-refractivity contribution < 1.29 is 5.11 Å². The highest BCUT2D eigenvalue weighted by molar-refractivity contribution is 7.99. The summed E-state index contributed by atoms with van der Waals surface area (Å²) in [5, 5.41) is 13.2. The maximum Gasteiger partial charge on any atom is 0.137 e. The Kier molecular flexibility index (Phi) is 6.75. The predicted octanol–water partition coefficient (Wildman–Crippen LogP) is 2.61. The van der Waals surface area contributed by atoms with Crippen molar-refractivity contribution in [1.82, 2.24) is 9.97 Å². The van der Waals surface area contributed by atoms with E-state index < -0.39 is 0 Å². The van der Waals surface area contributed by atoms with E-state index in [4.69, 9.17) is 11.6 Å². The highest BCUT2D eigenvalue weighted by atomic mass is 35.5. The lowest BCUT2D eigenvalue weighted by Gasteiger charge is -2.23. The Hall–Kier alpha value is -0.520. The fraction of sp³-hybridized carbons (Fsp3) is 0.667. The van der Waals surface area contributed by atoms with Crippen molar-refractivity contribution in [3.05, 3.63) is 17.0 Å². The quantitative estimate of drug-likeness (QED) is 0.756. The first-order chi connectivity index (χ1) is 8.63. The minimum atomic E-state index is 0.117. The lowest BCUT2D eigenvalue weighted by Crippen LogP contribution is -2.31. The summed E-state index contributed by atoms with van der Waals surface area (Å²) >= 11 is 7.73. The molecule has 0 saturated carbocycles. The predicted molar refractivity (Wildman–Crippen MR) is 78.5 cm³/mol. The van der Waals surface area contributed by atoms with Crippen LogP contribution >= 0.6 is 23.4 Å². The van der Waals surface area contributed by atoms with Crippen LogP contribution in [-0.2, 0) is 6.42 Å². The molecule has 4 nitrogen and oxygen atoms in total. The third-order valence-electron chi connectivity index (χ3n) is 2.80. The van der Waals surface area contributed by atoms with Gasteiger partial charge in [0, 0.05) is 16.9 Å². The lowest BCUT2D eigenvalue weighted by atomic mass is 10.1. The number of anilines is 1. The van der Waals surface area contributed by atoms with E-state index in [0.717, 1.165) is 24.2 Å². The first kappa shape index (κ1) is 15.5. The molecule has 0 aromatic carbocycles. The van der Waals surface area contributed by atoms with E-state index >= 15 is 0 Å². The molecular weight excluding hydrogens is 270 g/mol. The van der Waals surface area contributed by atoms with Gasteiger partial charge in [-0.1, -0.05) is 24.9 Å². The molecular formula is C12H20ClN3OS. The molecule has 102 valence electrons. The van der Waals surface area contributed by atoms with Crippen LogP contribution in [0.5, 0.6) is 0 Å². The van der Waals surface area contributed by atoms with Crippen molar-refractivity contribution in [3.8, 4) is 0 Å². The standard InChI is InChI=1S/C12H20ClN3OS/c1-4-5-9-11(13)14-7-15-12(9)16-8(2)10(6-17)18-3/h7-8,10,17H,4-6H2,1-3H3,(H,14,15,16). The van der Waals surface area contributed by atoms with Crippen molar-refractivity contribution >= 4 is 29.2 Å². The van der Waals surface area contributed by atoms with Crippen LogP contribution in [0.4, 0.5) is 5.82 Å². The molecule has 0 spiro atoms. The lowest BCUT2D eigenvalue weighted by molar-refractivity contribution is 0.288. The number of nitrogens with one attached hydrogen (secondary N) is 1. The summed E-state index contributed by atoms with van der Waals surface area (Å²) in [6, 6.07) is 0.117. The maximum atomic E-state index is 9.28. The van der Waals surface area contributed by atoms with E-state index in [9.17, 15) is 5.11 Å². The first-order valence-corrected chi connectivity index (χ1v) is 7.70. The molecule has 1 heterocycles. The molecule has 6 heteroatoms. The largest absolute Gasteiger partial charge is 0.395 e. The monoisotopic (exact) mass is 289 g/mol. The molecule has 2 N–H and O–H groups in total. The topological polar surface area (TPSA) is 58.0 Å². The number of halogens is 1. The molecule has 2 atom stereocenters. The average molecular weight is 290 g/mol. The Balaban J connectivity index is 2.86. The molecule has 0 radical (unpaired) electrons. The smallest absolute Gasteiger partial charge is 0.137 e. The number of aromatic nitrogens is 2. The fourth-order valence-corrected chi connectivity index (χ4v) is 2.59. The summed E-state index contributed by atoms with van der Waals surface area (Å²) in [4.78, 5) is 8.26. The minimum absolute atomic E-state index is 0.117. The Morgan fingerprint density at radius 1 is 1.50 bits per heavy atom. The summed E-state index contributed by atoms with van der Waals surface area (Å²) in [7, 11) is 0. The average Bonchev–Trinajstić information content (AvgIpc) is 2.35. The van der Waals surface area contributed by atoms with E-state index in [1.54, 1.807) is 11.8 Å². The number of nitrogens with zero attached hydrogens (tertiary/aromatic N) is 2. The summed E-state index contributed by atoms with van der Waals surface area (Å²) in [5.74, 6) is 0.775. The molecule has 18 heavy (non-hydrogen) atoms. The van der Waals surface area contributed by atoms with Gasteiger partial charge < -0.3 is 10.4 Å². The van der Waals surface area contributed by atoms with Crippen LogP contribution in [0.25, 0.3) is 0 Å². The molecule has 0 aliphatic rings. The van der Waals surface area contributed by atoms with E-state index in [2.05, 4.69) is 22.2 Å². The van der Waals surface area contributed by atoms with Crippen LogP contribution in [0, 0.1) is 0 Å². The zero-order valence-corrected chi connectivity index (χ0v) is 12.6. The molecule has 0 aliphatic heterocycles. The second-order valence-corrected chi connectivity index (χ2v) is 5.57. The van der Waals surface area contributed by atoms with Gasteiger partial charge in [0.05, 0.1) is 6.61 Å². The maximum absolute atomic E-state index is 9.28. The Labute approximate surface area is 118 Å². The second kappa shape index (κ2) is 7.81. The van der Waals surface area contributed by atoms with Gasteiger partial charge in [-0.25, -0.2) is 9.97 Å². The third kappa shape index (κ3) is 4.00. The van der Waals surface area contributed by atoms with Gasteiger partial charge in [-0.15, -0.1) is 0 Å². The second-order valence-electron chi connectivity index (χ2n) is 4.13. The van der Waals surface area contributed by atoms with Crippen molar-refractivity contribution in [2.75, 3.05) is 18.2 Å². The summed E-state index contributed by atoms with van der Waals surface area (Å²) in [5.41, 5.74) is 0.950. The van der Waals surface area contributed by atoms with E-state index in [-0.39, 0.29) is 17.9 Å². The zero-order valence-electron chi connectivity index (χ0n) is 11.0. The van der Waals surface area contributed by atoms with Crippen LogP contribution < -0.4 is 5.32 Å². The van der Waals surface area contributed by atoms with Gasteiger partial charge in [0.25, 0.3) is 0 Å². The molecule has 0 bridgehead atoms. The van der Waals surface area contributed by atoms with Crippen LogP contribution in [0.2, 0.25) is 5.15 Å². The highest BCUT2D eigenvalue weighted by Gasteiger charge is 2.18. The number of rotatable bonds is 7. The van der Waals surface area contributed by atoms with Crippen molar-refractivity contribution in [2.24, 2.45) is 0 Å². The molecule has 0 fully saturated rings. The first-order valence-electron chi connectivity index (χ1n) is 6.03. The van der Waals surface area contributed by atoms with Crippen LogP contribution in [0.3, 0.4) is 0 Å². The molecule has 0 aliphatic carbocycles. The van der Waals surface area contributed by atoms with E-state index in [1.807, 2.05) is 13.2 Å². The Bertz CT molecular complexity index is 374. The zero-order chi connectivity index (χ0) is 13.5. The van der Waals surface area contributed by atoms with Gasteiger partial charge in [0.15, 0.2) is 0 Å². The number of hydrogen-bond acceptors (Lipinski definition) is 5. The SMILES string of the molecule is CCCc1c(Cl)ncnc1NC(C)C(CO)SC. The molecule has 1 rings (SSSR count). The molecule has 2 unspecified atom stereocenters. The molecule has 0 amide bonds. The van der Waals surface area contributed by atoms with Gasteiger partial charge in [0.2, 0.25) is 0 Å². The van der Waals surface area contributed by atoms with Gasteiger partial charge in [-0.2, -0.15) is 11.8 Å². The Morgan fingerprint density at radius 3 is 2.78 bits per heavy atom. The number of hydrogen-bond donors (Lipinski definition) is 2. The summed E-state index contributed by atoms with van der Waals surface area (Å²) in [6.07, 6.45) is 5.28. The van der Waals surface area contributed by atoms with Crippen molar-refractivity contribution in [3.63, 3.8) is 0 Å². The fourth-order valence-electron chi connectivity index (χ4n) is 1.73. The molecule has 1 aromatic heterocycles. The van der Waals surface area contributed by atoms with Crippen LogP contribution in [0.15, 0.2) is 6.33 Å². The van der Waals surface area contributed by atoms with Crippen LogP contribution in [0.1, 0.15) is 25.8 Å². The number of thioether (sulfide) groups is 1. The van der Waals surface area contributed by atoms with Crippen molar-refractivity contribution in [2.45, 2.75) is 38.0 Å². The van der Waals surface area contributed by atoms with Gasteiger partial charge in [0.1, 0.15) is 17.3 Å². The van der Waals surface area contributed by atoms with Crippen molar-refractivity contribution in [1.29, 1.82) is 0 Å². The highest BCUT2D eigenvalue weighted by Crippen LogP contribution is 2.23.